The lowest BCUT2D eigenvalue weighted by Crippen LogP contribution is -2.21. The van der Waals surface area contributed by atoms with Crippen molar-refractivity contribution in [1.82, 2.24) is 0 Å². The van der Waals surface area contributed by atoms with E-state index in [4.69, 9.17) is 21.1 Å². The number of anilines is 1. The summed E-state index contributed by atoms with van der Waals surface area (Å²) in [5.41, 5.74) is 2.48. The van der Waals surface area contributed by atoms with Crippen molar-refractivity contribution in [2.75, 3.05) is 19.0 Å². The molecular weight excluding hydrogens is 342 g/mol. The van der Waals surface area contributed by atoms with Crippen LogP contribution in [0.4, 0.5) is 5.69 Å². The van der Waals surface area contributed by atoms with E-state index in [1.165, 1.54) is 0 Å². The smallest absolute Gasteiger partial charge is 0.306 e. The van der Waals surface area contributed by atoms with Gasteiger partial charge < -0.3 is 14.8 Å². The Balaban J connectivity index is 1.74. The number of nitrogens with one attached hydrogen (secondary N) is 1. The molecule has 6 heteroatoms. The van der Waals surface area contributed by atoms with Gasteiger partial charge in [0.15, 0.2) is 6.61 Å². The summed E-state index contributed by atoms with van der Waals surface area (Å²) < 4.78 is 10.1. The van der Waals surface area contributed by atoms with Crippen LogP contribution >= 0.6 is 11.6 Å². The molecule has 2 rings (SSSR count). The quantitative estimate of drug-likeness (QED) is 0.762. The van der Waals surface area contributed by atoms with Crippen molar-refractivity contribution in [2.45, 2.75) is 19.8 Å². The van der Waals surface area contributed by atoms with Crippen molar-refractivity contribution >= 4 is 29.2 Å². The number of ether oxygens (including phenoxy) is 2. The van der Waals surface area contributed by atoms with Crippen LogP contribution < -0.4 is 10.1 Å². The Hall–Kier alpha value is -2.53. The summed E-state index contributed by atoms with van der Waals surface area (Å²) in [6, 6.07) is 12.7. The van der Waals surface area contributed by atoms with Gasteiger partial charge in [0.1, 0.15) is 5.75 Å². The number of carbonyl (C=O) groups is 2. The van der Waals surface area contributed by atoms with Gasteiger partial charge in [-0.25, -0.2) is 0 Å². The number of benzene rings is 2. The highest BCUT2D eigenvalue weighted by atomic mass is 35.5. The second-order valence-electron chi connectivity index (χ2n) is 5.54. The van der Waals surface area contributed by atoms with Crippen molar-refractivity contribution in [1.29, 1.82) is 0 Å². The summed E-state index contributed by atoms with van der Waals surface area (Å²) in [4.78, 5) is 23.6. The van der Waals surface area contributed by atoms with Gasteiger partial charge in [-0.15, -0.1) is 0 Å². The molecule has 0 aliphatic heterocycles. The molecule has 0 aliphatic carbocycles. The molecule has 0 unspecified atom stereocenters. The number of rotatable bonds is 7. The number of hydrogen-bond donors (Lipinski definition) is 1. The first-order valence-corrected chi connectivity index (χ1v) is 8.20. The van der Waals surface area contributed by atoms with Gasteiger partial charge in [0.25, 0.3) is 5.91 Å². The van der Waals surface area contributed by atoms with Crippen molar-refractivity contribution in [3.05, 3.63) is 58.6 Å². The Bertz CT molecular complexity index is 744. The van der Waals surface area contributed by atoms with Crippen molar-refractivity contribution in [2.24, 2.45) is 0 Å². The number of aryl methyl sites for hydroxylation is 2. The molecule has 0 aliphatic rings. The third-order valence-corrected chi connectivity index (χ3v) is 3.85. The zero-order valence-corrected chi connectivity index (χ0v) is 14.9. The first kappa shape index (κ1) is 18.8. The number of halogens is 1. The molecule has 0 spiro atoms. The molecule has 0 radical (unpaired) electrons. The van der Waals surface area contributed by atoms with Crippen molar-refractivity contribution < 1.29 is 19.1 Å². The van der Waals surface area contributed by atoms with Crippen LogP contribution in [0.2, 0.25) is 5.02 Å². The second-order valence-corrected chi connectivity index (χ2v) is 5.95. The summed E-state index contributed by atoms with van der Waals surface area (Å²) in [5, 5.41) is 3.06. The van der Waals surface area contributed by atoms with E-state index in [0.717, 1.165) is 16.9 Å². The highest BCUT2D eigenvalue weighted by Gasteiger charge is 2.10. The maximum atomic E-state index is 11.8. The number of carbonyl (C=O) groups excluding carboxylic acids is 2. The van der Waals surface area contributed by atoms with Gasteiger partial charge in [-0.2, -0.15) is 0 Å². The summed E-state index contributed by atoms with van der Waals surface area (Å²) in [5.74, 6) is -0.0951. The van der Waals surface area contributed by atoms with E-state index in [2.05, 4.69) is 5.32 Å². The fourth-order valence-electron chi connectivity index (χ4n) is 2.16. The van der Waals surface area contributed by atoms with Crippen LogP contribution in [0.5, 0.6) is 5.75 Å². The van der Waals surface area contributed by atoms with Crippen LogP contribution in [0.3, 0.4) is 0 Å². The van der Waals surface area contributed by atoms with Gasteiger partial charge in [0, 0.05) is 6.42 Å². The van der Waals surface area contributed by atoms with Gasteiger partial charge in [0.05, 0.1) is 17.8 Å². The summed E-state index contributed by atoms with van der Waals surface area (Å²) in [6.07, 6.45) is 0.735. The Kier molecular flexibility index (Phi) is 6.83. The zero-order chi connectivity index (χ0) is 18.2. The van der Waals surface area contributed by atoms with Crippen LogP contribution in [-0.2, 0) is 20.7 Å². The number of methoxy groups -OCH3 is 1. The Labute approximate surface area is 151 Å². The predicted octanol–water partition coefficient (Wildman–Crippen LogP) is 3.77. The molecule has 2 aromatic rings. The van der Waals surface area contributed by atoms with Crippen LogP contribution in [0.25, 0.3) is 0 Å². The minimum absolute atomic E-state index is 0.199. The standard InChI is InChI=1S/C19H20ClNO4/c1-13-3-9-17(16(20)11-13)21-18(22)12-25-19(23)10-6-14-4-7-15(24-2)8-5-14/h3-5,7-9,11H,6,10,12H2,1-2H3,(H,21,22). The molecule has 0 bridgehead atoms. The van der Waals surface area contributed by atoms with Crippen LogP contribution in [0, 0.1) is 6.92 Å². The highest BCUT2D eigenvalue weighted by molar-refractivity contribution is 6.33. The average Bonchev–Trinajstić information content (AvgIpc) is 2.61. The van der Waals surface area contributed by atoms with E-state index in [9.17, 15) is 9.59 Å². The lowest BCUT2D eigenvalue weighted by atomic mass is 10.1. The van der Waals surface area contributed by atoms with Crippen LogP contribution in [0.15, 0.2) is 42.5 Å². The maximum Gasteiger partial charge on any atom is 0.306 e. The normalized spacial score (nSPS) is 10.2. The molecule has 132 valence electrons. The lowest BCUT2D eigenvalue weighted by Gasteiger charge is -2.09. The summed E-state index contributed by atoms with van der Waals surface area (Å²) in [7, 11) is 1.60. The average molecular weight is 362 g/mol. The fourth-order valence-corrected chi connectivity index (χ4v) is 2.45. The van der Waals surface area contributed by atoms with Gasteiger partial charge in [-0.3, -0.25) is 9.59 Å². The number of esters is 1. The van der Waals surface area contributed by atoms with Gasteiger partial charge >= 0.3 is 5.97 Å². The number of hydrogen-bond acceptors (Lipinski definition) is 4. The third kappa shape index (κ3) is 6.12. The van der Waals surface area contributed by atoms with Crippen LogP contribution in [0.1, 0.15) is 17.5 Å². The first-order chi connectivity index (χ1) is 12.0. The maximum absolute atomic E-state index is 11.8. The molecule has 0 saturated carbocycles. The number of amides is 1. The largest absolute Gasteiger partial charge is 0.497 e. The first-order valence-electron chi connectivity index (χ1n) is 7.82. The van der Waals surface area contributed by atoms with Crippen molar-refractivity contribution in [3.63, 3.8) is 0 Å². The topological polar surface area (TPSA) is 64.6 Å². The highest BCUT2D eigenvalue weighted by Crippen LogP contribution is 2.22. The molecular formula is C19H20ClNO4. The SMILES string of the molecule is COc1ccc(CCC(=O)OCC(=O)Nc2ccc(C)cc2Cl)cc1. The summed E-state index contributed by atoms with van der Waals surface area (Å²) in [6.45, 7) is 1.56. The fraction of sp³-hybridized carbons (Fsp3) is 0.263. The zero-order valence-electron chi connectivity index (χ0n) is 14.2. The minimum atomic E-state index is -0.430. The monoisotopic (exact) mass is 361 g/mol. The molecule has 0 heterocycles. The molecule has 2 aromatic carbocycles. The Morgan fingerprint density at radius 2 is 1.84 bits per heavy atom. The van der Waals surface area contributed by atoms with Crippen LogP contribution in [-0.4, -0.2) is 25.6 Å². The lowest BCUT2D eigenvalue weighted by molar-refractivity contribution is -0.147. The van der Waals surface area contributed by atoms with E-state index in [0.29, 0.717) is 17.1 Å². The molecule has 0 atom stereocenters. The second kappa shape index (κ2) is 9.08. The van der Waals surface area contributed by atoms with E-state index < -0.39 is 11.9 Å². The predicted molar refractivity (Wildman–Crippen MR) is 97.1 cm³/mol. The molecule has 25 heavy (non-hydrogen) atoms. The van der Waals surface area contributed by atoms with Gasteiger partial charge in [0.2, 0.25) is 0 Å². The van der Waals surface area contributed by atoms with E-state index in [1.54, 1.807) is 19.2 Å². The minimum Gasteiger partial charge on any atom is -0.497 e. The Morgan fingerprint density at radius 3 is 2.48 bits per heavy atom. The van der Waals surface area contributed by atoms with Crippen molar-refractivity contribution in [3.8, 4) is 5.75 Å². The molecule has 0 fully saturated rings. The third-order valence-electron chi connectivity index (χ3n) is 3.54. The van der Waals surface area contributed by atoms with Gasteiger partial charge in [-0.1, -0.05) is 29.8 Å². The van der Waals surface area contributed by atoms with E-state index >= 15 is 0 Å². The molecule has 1 N–H and O–H groups in total. The Morgan fingerprint density at radius 1 is 1.12 bits per heavy atom. The summed E-state index contributed by atoms with van der Waals surface area (Å²) >= 11 is 6.04. The van der Waals surface area contributed by atoms with Gasteiger partial charge in [-0.05, 0) is 48.7 Å². The van der Waals surface area contributed by atoms with E-state index in [1.807, 2.05) is 37.3 Å². The molecule has 0 aromatic heterocycles. The van der Waals surface area contributed by atoms with E-state index in [-0.39, 0.29) is 13.0 Å². The molecule has 1 amide bonds. The molecule has 0 saturated heterocycles. The molecule has 5 nitrogen and oxygen atoms in total.